The molecule has 3 aromatic rings. The summed E-state index contributed by atoms with van der Waals surface area (Å²) in [5.41, 5.74) is 2.31. The Labute approximate surface area is 205 Å². The molecule has 6 nitrogen and oxygen atoms in total. The summed E-state index contributed by atoms with van der Waals surface area (Å²) in [7, 11) is 1.63. The van der Waals surface area contributed by atoms with Crippen molar-refractivity contribution < 1.29 is 23.4 Å². The molecule has 0 bridgehead atoms. The lowest BCUT2D eigenvalue weighted by molar-refractivity contribution is 0.0804. The van der Waals surface area contributed by atoms with Gasteiger partial charge in [-0.2, -0.15) is 5.10 Å². The van der Waals surface area contributed by atoms with Gasteiger partial charge in [-0.05, 0) is 43.5 Å². The normalized spacial score (nSPS) is 12.2. The Hall–Kier alpha value is -3.07. The average Bonchev–Trinajstić information content (AvgIpc) is 3.20. The van der Waals surface area contributed by atoms with Crippen molar-refractivity contribution in [3.05, 3.63) is 84.1 Å². The highest BCUT2D eigenvalue weighted by Crippen LogP contribution is 2.33. The smallest absolute Gasteiger partial charge is 0.227 e. The molecule has 0 aliphatic carbocycles. The van der Waals surface area contributed by atoms with E-state index in [2.05, 4.69) is 11.5 Å². The third-order valence-corrected chi connectivity index (χ3v) is 5.62. The van der Waals surface area contributed by atoms with Crippen molar-refractivity contribution in [1.82, 2.24) is 14.7 Å². The van der Waals surface area contributed by atoms with Crippen LogP contribution >= 0.6 is 0 Å². The number of aromatic nitrogens is 2. The van der Waals surface area contributed by atoms with Crippen LogP contribution in [0.1, 0.15) is 31.0 Å². The molecule has 0 saturated carbocycles. The molecule has 8 heteroatoms. The molecule has 0 amide bonds. The Bertz CT molecular complexity index is 1090. The van der Waals surface area contributed by atoms with Gasteiger partial charge in [-0.3, -0.25) is 4.90 Å². The van der Waals surface area contributed by atoms with Crippen molar-refractivity contribution in [3.8, 4) is 17.3 Å². The van der Waals surface area contributed by atoms with Crippen LogP contribution in [0.3, 0.4) is 0 Å². The zero-order valence-corrected chi connectivity index (χ0v) is 20.3. The summed E-state index contributed by atoms with van der Waals surface area (Å²) in [6, 6.07) is 12.6. The number of aryl methyl sites for hydroxylation is 1. The summed E-state index contributed by atoms with van der Waals surface area (Å²) in [6.45, 7) is 7.58. The summed E-state index contributed by atoms with van der Waals surface area (Å²) >= 11 is 0. The maximum atomic E-state index is 14.5. The third-order valence-electron chi connectivity index (χ3n) is 5.62. The molecule has 1 heterocycles. The molecule has 1 atom stereocenters. The van der Waals surface area contributed by atoms with E-state index in [1.54, 1.807) is 17.9 Å². The van der Waals surface area contributed by atoms with Crippen molar-refractivity contribution in [1.29, 1.82) is 0 Å². The molecule has 1 N–H and O–H groups in total. The monoisotopic (exact) mass is 485 g/mol. The Morgan fingerprint density at radius 1 is 1.20 bits per heavy atom. The molecule has 188 valence electrons. The highest BCUT2D eigenvalue weighted by molar-refractivity contribution is 5.44. The van der Waals surface area contributed by atoms with Crippen molar-refractivity contribution >= 4 is 0 Å². The molecule has 0 saturated heterocycles. The van der Waals surface area contributed by atoms with Crippen molar-refractivity contribution in [2.75, 3.05) is 26.8 Å². The highest BCUT2D eigenvalue weighted by atomic mass is 19.1. The van der Waals surface area contributed by atoms with Crippen LogP contribution in [0.15, 0.2) is 61.2 Å². The lowest BCUT2D eigenvalue weighted by atomic mass is 10.1. The largest absolute Gasteiger partial charge is 0.435 e. The van der Waals surface area contributed by atoms with E-state index in [0.717, 1.165) is 29.1 Å². The first kappa shape index (κ1) is 26.5. The fourth-order valence-corrected chi connectivity index (χ4v) is 3.81. The summed E-state index contributed by atoms with van der Waals surface area (Å²) < 4.78 is 41.0. The highest BCUT2D eigenvalue weighted by Gasteiger charge is 2.24. The minimum atomic E-state index is -0.800. The number of hydrogen-bond donors (Lipinski definition) is 1. The molecule has 0 aliphatic rings. The second kappa shape index (κ2) is 13.1. The van der Waals surface area contributed by atoms with Gasteiger partial charge in [-0.15, -0.1) is 6.58 Å². The summed E-state index contributed by atoms with van der Waals surface area (Å²) in [5, 5.41) is 15.3. The molecule has 2 aromatic carbocycles. The van der Waals surface area contributed by atoms with Crippen LogP contribution in [0, 0.1) is 11.6 Å². The van der Waals surface area contributed by atoms with Crippen LogP contribution in [0.2, 0.25) is 0 Å². The quantitative estimate of drug-likeness (QED) is 0.315. The first-order valence-corrected chi connectivity index (χ1v) is 11.8. The average molecular weight is 486 g/mol. The minimum absolute atomic E-state index is 0.0955. The lowest BCUT2D eigenvalue weighted by Gasteiger charge is -2.25. The van der Waals surface area contributed by atoms with Gasteiger partial charge in [-0.1, -0.05) is 31.2 Å². The Kier molecular flexibility index (Phi) is 9.96. The summed E-state index contributed by atoms with van der Waals surface area (Å²) in [4.78, 5) is 2.07. The number of nitrogens with zero attached hydrogens (tertiary/aromatic N) is 3. The van der Waals surface area contributed by atoms with Crippen LogP contribution < -0.4 is 4.74 Å². The maximum Gasteiger partial charge on any atom is 0.227 e. The molecule has 0 aliphatic heterocycles. The number of ether oxygens (including phenoxy) is 2. The molecular formula is C27H33F2N3O3. The number of aliphatic hydroxyl groups is 1. The van der Waals surface area contributed by atoms with Crippen molar-refractivity contribution in [2.45, 2.75) is 38.8 Å². The first-order chi connectivity index (χ1) is 17.0. The van der Waals surface area contributed by atoms with Gasteiger partial charge in [-0.25, -0.2) is 13.5 Å². The van der Waals surface area contributed by atoms with Gasteiger partial charge in [0.15, 0.2) is 11.6 Å². The van der Waals surface area contributed by atoms with Gasteiger partial charge in [0, 0.05) is 32.8 Å². The summed E-state index contributed by atoms with van der Waals surface area (Å²) in [5.74, 6) is -1.23. The van der Waals surface area contributed by atoms with Gasteiger partial charge in [0.25, 0.3) is 0 Å². The van der Waals surface area contributed by atoms with Crippen molar-refractivity contribution in [2.24, 2.45) is 0 Å². The molecule has 0 radical (unpaired) electrons. The van der Waals surface area contributed by atoms with Crippen LogP contribution in [-0.4, -0.2) is 52.7 Å². The fraction of sp³-hybridized carbons (Fsp3) is 0.370. The van der Waals surface area contributed by atoms with Gasteiger partial charge in [0.2, 0.25) is 5.88 Å². The molecule has 1 unspecified atom stereocenters. The molecular weight excluding hydrogens is 452 g/mol. The van der Waals surface area contributed by atoms with Crippen molar-refractivity contribution in [3.63, 3.8) is 0 Å². The lowest BCUT2D eigenvalue weighted by Crippen LogP contribution is -2.34. The van der Waals surface area contributed by atoms with Gasteiger partial charge >= 0.3 is 0 Å². The number of hydrogen-bond acceptors (Lipinski definition) is 5. The van der Waals surface area contributed by atoms with Gasteiger partial charge in [0.1, 0.15) is 5.82 Å². The fourth-order valence-electron chi connectivity index (χ4n) is 3.81. The van der Waals surface area contributed by atoms with Gasteiger partial charge in [0.05, 0.1) is 29.7 Å². The van der Waals surface area contributed by atoms with E-state index < -0.39 is 17.7 Å². The van der Waals surface area contributed by atoms with Crippen LogP contribution in [0.25, 0.3) is 5.69 Å². The number of aliphatic hydroxyl groups excluding tert-OH is 1. The second-order valence-corrected chi connectivity index (χ2v) is 8.26. The van der Waals surface area contributed by atoms with E-state index >= 15 is 0 Å². The third kappa shape index (κ3) is 7.21. The number of benzene rings is 2. The van der Waals surface area contributed by atoms with E-state index in [0.29, 0.717) is 51.4 Å². The molecule has 0 spiro atoms. The van der Waals surface area contributed by atoms with E-state index in [4.69, 9.17) is 14.6 Å². The predicted octanol–water partition coefficient (Wildman–Crippen LogP) is 5.28. The first-order valence-electron chi connectivity index (χ1n) is 11.8. The van der Waals surface area contributed by atoms with Crippen LogP contribution in [-0.2, 0) is 17.7 Å². The number of allylic oxidation sites excluding steroid dienone is 1. The Balaban J connectivity index is 2.03. The zero-order valence-electron chi connectivity index (χ0n) is 20.3. The maximum absolute atomic E-state index is 14.5. The number of rotatable bonds is 14. The molecule has 35 heavy (non-hydrogen) atoms. The second-order valence-electron chi connectivity index (χ2n) is 8.26. The minimum Gasteiger partial charge on any atom is -0.435 e. The predicted molar refractivity (Wildman–Crippen MR) is 132 cm³/mol. The van der Waals surface area contributed by atoms with E-state index in [9.17, 15) is 13.9 Å². The standard InChI is InChI=1S/C27H33F2N3O3/c1-4-6-12-22(33)18-31(15-16-34-3)19-23-25(5-2)30-32(21-10-8-7-9-11-21)27(23)35-26-14-13-20(28)17-24(26)29/h4,7-11,13-14,17,22,33H,1,5-6,12,15-16,18-19H2,2-3H3. The topological polar surface area (TPSA) is 59.8 Å². The molecule has 0 fully saturated rings. The van der Waals surface area contributed by atoms with E-state index in [1.807, 2.05) is 37.3 Å². The number of para-hydroxylation sites is 1. The Morgan fingerprint density at radius 3 is 2.63 bits per heavy atom. The van der Waals surface area contributed by atoms with Gasteiger partial charge < -0.3 is 14.6 Å². The Morgan fingerprint density at radius 2 is 1.97 bits per heavy atom. The SMILES string of the molecule is C=CCCC(O)CN(CCOC)Cc1c(CC)nn(-c2ccccc2)c1Oc1ccc(F)cc1F. The number of halogens is 2. The summed E-state index contributed by atoms with van der Waals surface area (Å²) in [6.07, 6.45) is 3.17. The molecule has 3 rings (SSSR count). The molecule has 1 aromatic heterocycles. The van der Waals surface area contributed by atoms with Crippen LogP contribution in [0.4, 0.5) is 8.78 Å². The van der Waals surface area contributed by atoms with E-state index in [-0.39, 0.29) is 5.75 Å². The zero-order chi connectivity index (χ0) is 25.2. The number of methoxy groups -OCH3 is 1. The van der Waals surface area contributed by atoms with Crippen LogP contribution in [0.5, 0.6) is 11.6 Å². The van der Waals surface area contributed by atoms with E-state index in [1.165, 1.54) is 6.07 Å².